The first-order chi connectivity index (χ1) is 22.2. The van der Waals surface area contributed by atoms with Gasteiger partial charge in [-0.15, -0.1) is 0 Å². The van der Waals surface area contributed by atoms with E-state index in [0.29, 0.717) is 37.2 Å². The summed E-state index contributed by atoms with van der Waals surface area (Å²) in [5.41, 5.74) is 3.83. The highest BCUT2D eigenvalue weighted by molar-refractivity contribution is 5.98. The number of pyridine rings is 2. The second-order valence-electron chi connectivity index (χ2n) is 12.4. The summed E-state index contributed by atoms with van der Waals surface area (Å²) in [6, 6.07) is 21.9. The summed E-state index contributed by atoms with van der Waals surface area (Å²) in [7, 11) is 0. The molecular weight excluding hydrogens is 578 g/mol. The van der Waals surface area contributed by atoms with Gasteiger partial charge in [0.2, 0.25) is 11.8 Å². The van der Waals surface area contributed by atoms with Gasteiger partial charge >= 0.3 is 6.09 Å². The predicted molar refractivity (Wildman–Crippen MR) is 180 cm³/mol. The van der Waals surface area contributed by atoms with E-state index in [1.165, 1.54) is 0 Å². The van der Waals surface area contributed by atoms with E-state index in [-0.39, 0.29) is 12.1 Å². The molecule has 10 nitrogen and oxygen atoms in total. The van der Waals surface area contributed by atoms with E-state index in [2.05, 4.69) is 49.9 Å². The number of aromatic nitrogens is 4. The molecule has 1 aliphatic rings. The molecule has 0 bridgehead atoms. The molecule has 0 unspecified atom stereocenters. The Balaban J connectivity index is 1.22. The van der Waals surface area contributed by atoms with Crippen molar-refractivity contribution in [3.8, 4) is 22.9 Å². The van der Waals surface area contributed by atoms with Crippen molar-refractivity contribution in [1.29, 1.82) is 0 Å². The summed E-state index contributed by atoms with van der Waals surface area (Å²) in [5.74, 6) is 1.66. The number of hydrogen-bond acceptors (Lipinski definition) is 9. The SMILES string of the molecule is Cc1ccc2c(NCc3ccccn3)cccc2c1Oc1ncccc1-c1ccnc(N[C@H]2CCCN(C(=O)OC(C)(C)C)C2)n1. The number of hydrogen-bond donors (Lipinski definition) is 2. The first-order valence-electron chi connectivity index (χ1n) is 15.6. The lowest BCUT2D eigenvalue weighted by Crippen LogP contribution is -2.47. The Bertz CT molecular complexity index is 1820. The Morgan fingerprint density at radius 3 is 2.63 bits per heavy atom. The Hall–Kier alpha value is -5.25. The number of piperidine rings is 1. The largest absolute Gasteiger partial charge is 0.444 e. The highest BCUT2D eigenvalue weighted by atomic mass is 16.6. The summed E-state index contributed by atoms with van der Waals surface area (Å²) in [4.78, 5) is 32.8. The zero-order valence-electron chi connectivity index (χ0n) is 26.7. The number of benzene rings is 2. The molecule has 46 heavy (non-hydrogen) atoms. The smallest absolute Gasteiger partial charge is 0.410 e. The maximum Gasteiger partial charge on any atom is 0.410 e. The summed E-state index contributed by atoms with van der Waals surface area (Å²) >= 11 is 0. The van der Waals surface area contributed by atoms with Gasteiger partial charge in [-0.1, -0.05) is 30.3 Å². The first-order valence-corrected chi connectivity index (χ1v) is 15.6. The molecule has 3 aromatic heterocycles. The number of amides is 1. The van der Waals surface area contributed by atoms with E-state index in [9.17, 15) is 4.79 Å². The van der Waals surface area contributed by atoms with Gasteiger partial charge in [-0.3, -0.25) is 4.98 Å². The summed E-state index contributed by atoms with van der Waals surface area (Å²) in [5, 5.41) is 8.96. The van der Waals surface area contributed by atoms with Gasteiger partial charge in [-0.25, -0.2) is 19.7 Å². The van der Waals surface area contributed by atoms with Crippen LogP contribution in [0.15, 0.2) is 85.3 Å². The van der Waals surface area contributed by atoms with Gasteiger partial charge in [0.1, 0.15) is 11.4 Å². The van der Waals surface area contributed by atoms with Crippen molar-refractivity contribution in [2.75, 3.05) is 23.7 Å². The molecule has 1 saturated heterocycles. The van der Waals surface area contributed by atoms with Crippen LogP contribution in [-0.2, 0) is 11.3 Å². The van der Waals surface area contributed by atoms with Gasteiger partial charge < -0.3 is 25.0 Å². The van der Waals surface area contributed by atoms with Crippen molar-refractivity contribution in [2.45, 2.75) is 58.7 Å². The van der Waals surface area contributed by atoms with Crippen molar-refractivity contribution < 1.29 is 14.3 Å². The average molecular weight is 618 g/mol. The van der Waals surface area contributed by atoms with E-state index in [0.717, 1.165) is 51.9 Å². The average Bonchev–Trinajstić information content (AvgIpc) is 3.05. The number of rotatable bonds is 8. The lowest BCUT2D eigenvalue weighted by atomic mass is 10.0. The molecule has 10 heteroatoms. The third-order valence-corrected chi connectivity index (χ3v) is 7.70. The molecule has 5 aromatic rings. The number of nitrogens with one attached hydrogen (secondary N) is 2. The minimum absolute atomic E-state index is 0.0000488. The van der Waals surface area contributed by atoms with Crippen molar-refractivity contribution in [3.05, 3.63) is 96.6 Å². The molecule has 0 saturated carbocycles. The minimum Gasteiger partial charge on any atom is -0.444 e. The standard InChI is InChI=1S/C36H39N7O3/c1-24-15-16-27-28(12-7-14-30(27)40-22-25-10-5-6-18-37-25)32(24)45-33-29(13-8-19-38-33)31-17-20-39-34(42-31)41-26-11-9-21-43(23-26)35(44)46-36(2,3)4/h5-8,10,12-20,26,40H,9,11,21-23H2,1-4H3,(H,39,41,42)/t26-/m0/s1. The van der Waals surface area contributed by atoms with Gasteiger partial charge in [0.15, 0.2) is 0 Å². The summed E-state index contributed by atoms with van der Waals surface area (Å²) in [6.45, 7) is 9.45. The maximum atomic E-state index is 12.7. The minimum atomic E-state index is -0.539. The number of carbonyl (C=O) groups is 1. The van der Waals surface area contributed by atoms with Gasteiger partial charge in [-0.2, -0.15) is 0 Å². The number of carbonyl (C=O) groups excluding carboxylic acids is 1. The summed E-state index contributed by atoms with van der Waals surface area (Å²) in [6.07, 6.45) is 6.69. The molecule has 1 aliphatic heterocycles. The fourth-order valence-electron chi connectivity index (χ4n) is 5.53. The molecular formula is C36H39N7O3. The molecule has 2 aromatic carbocycles. The number of aryl methyl sites for hydroxylation is 1. The fraction of sp³-hybridized carbons (Fsp3) is 0.306. The van der Waals surface area contributed by atoms with Crippen LogP contribution in [-0.4, -0.2) is 55.7 Å². The van der Waals surface area contributed by atoms with E-state index in [4.69, 9.17) is 14.5 Å². The summed E-state index contributed by atoms with van der Waals surface area (Å²) < 4.78 is 12.2. The third kappa shape index (κ3) is 7.34. The molecule has 0 aliphatic carbocycles. The van der Waals surface area contributed by atoms with Crippen molar-refractivity contribution in [3.63, 3.8) is 0 Å². The van der Waals surface area contributed by atoms with Crippen LogP contribution >= 0.6 is 0 Å². The zero-order valence-corrected chi connectivity index (χ0v) is 26.7. The van der Waals surface area contributed by atoms with E-state index in [1.807, 2.05) is 70.2 Å². The van der Waals surface area contributed by atoms with Crippen LogP contribution in [0.25, 0.3) is 22.0 Å². The van der Waals surface area contributed by atoms with E-state index >= 15 is 0 Å². The Kier molecular flexibility index (Phi) is 8.96. The van der Waals surface area contributed by atoms with E-state index in [1.54, 1.807) is 23.5 Å². The van der Waals surface area contributed by atoms with Crippen molar-refractivity contribution in [2.24, 2.45) is 0 Å². The third-order valence-electron chi connectivity index (χ3n) is 7.70. The molecule has 1 atom stereocenters. The second kappa shape index (κ2) is 13.4. The molecule has 4 heterocycles. The van der Waals surface area contributed by atoms with Crippen LogP contribution < -0.4 is 15.4 Å². The van der Waals surface area contributed by atoms with Gasteiger partial charge in [0.25, 0.3) is 0 Å². The van der Waals surface area contributed by atoms with Crippen LogP contribution in [0.4, 0.5) is 16.4 Å². The molecule has 6 rings (SSSR count). The quantitative estimate of drug-likeness (QED) is 0.182. The number of likely N-dealkylation sites (tertiary alicyclic amines) is 1. The fourth-order valence-corrected chi connectivity index (χ4v) is 5.53. The van der Waals surface area contributed by atoms with Crippen LogP contribution in [0, 0.1) is 6.92 Å². The Morgan fingerprint density at radius 1 is 0.935 bits per heavy atom. The highest BCUT2D eigenvalue weighted by Crippen LogP contribution is 2.38. The van der Waals surface area contributed by atoms with Gasteiger partial charge in [0.05, 0.1) is 23.5 Å². The van der Waals surface area contributed by atoms with E-state index < -0.39 is 5.60 Å². The number of ether oxygens (including phenoxy) is 2. The Labute approximate surface area is 269 Å². The number of anilines is 2. The lowest BCUT2D eigenvalue weighted by molar-refractivity contribution is 0.0206. The molecule has 0 radical (unpaired) electrons. The highest BCUT2D eigenvalue weighted by Gasteiger charge is 2.28. The van der Waals surface area contributed by atoms with Crippen molar-refractivity contribution >= 4 is 28.5 Å². The monoisotopic (exact) mass is 617 g/mol. The molecule has 236 valence electrons. The predicted octanol–water partition coefficient (Wildman–Crippen LogP) is 7.61. The number of nitrogens with zero attached hydrogens (tertiary/aromatic N) is 5. The molecule has 1 amide bonds. The van der Waals surface area contributed by atoms with Gasteiger partial charge in [-0.05, 0) is 82.5 Å². The molecule has 0 spiro atoms. The topological polar surface area (TPSA) is 114 Å². The maximum absolute atomic E-state index is 12.7. The zero-order chi connectivity index (χ0) is 32.1. The van der Waals surface area contributed by atoms with Gasteiger partial charge in [0, 0.05) is 54.2 Å². The Morgan fingerprint density at radius 2 is 1.80 bits per heavy atom. The van der Waals surface area contributed by atoms with Crippen LogP contribution in [0.5, 0.6) is 11.6 Å². The van der Waals surface area contributed by atoms with Crippen LogP contribution in [0.1, 0.15) is 44.9 Å². The first kappa shape index (κ1) is 30.8. The molecule has 1 fully saturated rings. The molecule has 2 N–H and O–H groups in total. The van der Waals surface area contributed by atoms with Crippen molar-refractivity contribution in [1.82, 2.24) is 24.8 Å². The lowest BCUT2D eigenvalue weighted by Gasteiger charge is -2.34. The van der Waals surface area contributed by atoms with Crippen LogP contribution in [0.3, 0.4) is 0 Å². The normalized spacial score (nSPS) is 15.0. The second-order valence-corrected chi connectivity index (χ2v) is 12.4. The van der Waals surface area contributed by atoms with Crippen LogP contribution in [0.2, 0.25) is 0 Å². The number of fused-ring (bicyclic) bond motifs is 1.